The average molecular weight is 325 g/mol. The lowest BCUT2D eigenvalue weighted by atomic mass is 10.1. The van der Waals surface area contributed by atoms with E-state index in [1.54, 1.807) is 7.05 Å². The van der Waals surface area contributed by atoms with Crippen molar-refractivity contribution in [2.24, 2.45) is 0 Å². The van der Waals surface area contributed by atoms with E-state index in [4.69, 9.17) is 0 Å². The molecule has 1 saturated carbocycles. The molecule has 0 unspecified atom stereocenters. The Kier molecular flexibility index (Phi) is 5.10. The molecule has 0 aliphatic heterocycles. The van der Waals surface area contributed by atoms with Crippen LogP contribution in [0.15, 0.2) is 5.16 Å². The van der Waals surface area contributed by atoms with Crippen molar-refractivity contribution < 1.29 is 9.59 Å². The number of H-pyrrole nitrogens is 1. The third kappa shape index (κ3) is 5.32. The van der Waals surface area contributed by atoms with Gasteiger partial charge in [-0.1, -0.05) is 11.8 Å². The van der Waals surface area contributed by atoms with Crippen molar-refractivity contribution in [3.63, 3.8) is 0 Å². The Morgan fingerprint density at radius 1 is 1.41 bits per heavy atom. The number of rotatable bonds is 6. The van der Waals surface area contributed by atoms with Crippen LogP contribution in [-0.2, 0) is 9.59 Å². The maximum Gasteiger partial charge on any atom is 0.240 e. The molecule has 1 aromatic rings. The third-order valence-electron chi connectivity index (χ3n) is 3.09. The summed E-state index contributed by atoms with van der Waals surface area (Å²) in [6.07, 6.45) is 2.31. The van der Waals surface area contributed by atoms with Gasteiger partial charge in [-0.3, -0.25) is 14.7 Å². The van der Waals surface area contributed by atoms with E-state index < -0.39 is 0 Å². The highest BCUT2D eigenvalue weighted by atomic mass is 32.2. The van der Waals surface area contributed by atoms with Crippen molar-refractivity contribution >= 4 is 23.6 Å². The van der Waals surface area contributed by atoms with Gasteiger partial charge in [0.2, 0.25) is 17.0 Å². The number of aromatic amines is 1. The molecule has 0 atom stereocenters. The first-order valence-electron chi connectivity index (χ1n) is 7.34. The van der Waals surface area contributed by atoms with Crippen LogP contribution in [0.5, 0.6) is 0 Å². The van der Waals surface area contributed by atoms with Crippen molar-refractivity contribution in [1.29, 1.82) is 0 Å². The van der Waals surface area contributed by atoms with E-state index in [-0.39, 0.29) is 29.7 Å². The summed E-state index contributed by atoms with van der Waals surface area (Å²) in [6.45, 7) is 5.77. The van der Waals surface area contributed by atoms with Gasteiger partial charge in [-0.05, 0) is 33.6 Å². The lowest BCUT2D eigenvalue weighted by molar-refractivity contribution is -0.133. The van der Waals surface area contributed by atoms with Gasteiger partial charge in [-0.2, -0.15) is 0 Å². The number of hydrogen-bond acceptors (Lipinski definition) is 5. The first-order chi connectivity index (χ1) is 10.2. The minimum absolute atomic E-state index is 0.0536. The van der Waals surface area contributed by atoms with Crippen LogP contribution in [0.2, 0.25) is 0 Å². The van der Waals surface area contributed by atoms with Crippen LogP contribution in [0, 0.1) is 0 Å². The summed E-state index contributed by atoms with van der Waals surface area (Å²) in [6, 6.07) is 0. The van der Waals surface area contributed by atoms with Crippen molar-refractivity contribution in [3.8, 4) is 0 Å². The first-order valence-corrected chi connectivity index (χ1v) is 8.33. The largest absolute Gasteiger partial charge is 0.350 e. The Hall–Kier alpha value is -1.57. The van der Waals surface area contributed by atoms with Gasteiger partial charge in [0, 0.05) is 18.5 Å². The number of amides is 2. The summed E-state index contributed by atoms with van der Waals surface area (Å²) in [5, 5.41) is 10.4. The summed E-state index contributed by atoms with van der Waals surface area (Å²) in [5.74, 6) is 1.37. The van der Waals surface area contributed by atoms with E-state index in [2.05, 4.69) is 20.5 Å². The third-order valence-corrected chi connectivity index (χ3v) is 3.92. The molecule has 2 amide bonds. The highest BCUT2D eigenvalue weighted by Crippen LogP contribution is 2.38. The predicted molar refractivity (Wildman–Crippen MR) is 84.6 cm³/mol. The topological polar surface area (TPSA) is 91.0 Å². The van der Waals surface area contributed by atoms with Crippen LogP contribution < -0.4 is 5.32 Å². The van der Waals surface area contributed by atoms with Crippen LogP contribution in [-0.4, -0.2) is 56.8 Å². The lowest BCUT2D eigenvalue weighted by Gasteiger charge is -2.23. The van der Waals surface area contributed by atoms with E-state index >= 15 is 0 Å². The summed E-state index contributed by atoms with van der Waals surface area (Å²) < 4.78 is 0. The van der Waals surface area contributed by atoms with E-state index in [1.807, 2.05) is 20.8 Å². The zero-order valence-corrected chi connectivity index (χ0v) is 14.3. The second kappa shape index (κ2) is 6.68. The molecular formula is C14H23N5O2S. The molecule has 0 saturated heterocycles. The summed E-state index contributed by atoms with van der Waals surface area (Å²) in [7, 11) is 1.62. The lowest BCUT2D eigenvalue weighted by Crippen LogP contribution is -2.46. The number of carbonyl (C=O) groups is 2. The standard InChI is InChI=1S/C14H23N5O2S/c1-14(2,3)16-10(20)7-19(4)11(21)8-22-13-15-12(17-18-13)9-5-6-9/h9H,5-8H2,1-4H3,(H,16,20)(H,15,17,18). The van der Waals surface area contributed by atoms with Crippen LogP contribution >= 0.6 is 11.8 Å². The average Bonchev–Trinajstić information content (AvgIpc) is 3.13. The maximum atomic E-state index is 12.0. The van der Waals surface area contributed by atoms with E-state index in [1.165, 1.54) is 16.7 Å². The molecule has 2 N–H and O–H groups in total. The van der Waals surface area contributed by atoms with Crippen molar-refractivity contribution in [1.82, 2.24) is 25.4 Å². The maximum absolute atomic E-state index is 12.0. The molecule has 1 aromatic heterocycles. The first kappa shape index (κ1) is 16.8. The fourth-order valence-corrected chi connectivity index (χ4v) is 2.61. The summed E-state index contributed by atoms with van der Waals surface area (Å²) in [5.41, 5.74) is -0.298. The monoisotopic (exact) mass is 325 g/mol. The SMILES string of the molecule is CN(CC(=O)NC(C)(C)C)C(=O)CSc1n[nH]c(C2CC2)n1. The quantitative estimate of drug-likeness (QED) is 0.766. The highest BCUT2D eigenvalue weighted by Gasteiger charge is 2.27. The van der Waals surface area contributed by atoms with Gasteiger partial charge >= 0.3 is 0 Å². The van der Waals surface area contributed by atoms with E-state index in [0.717, 1.165) is 18.7 Å². The number of nitrogens with one attached hydrogen (secondary N) is 2. The molecule has 122 valence electrons. The molecule has 2 rings (SSSR count). The van der Waals surface area contributed by atoms with Crippen molar-refractivity contribution in [3.05, 3.63) is 5.82 Å². The fraction of sp³-hybridized carbons (Fsp3) is 0.714. The van der Waals surface area contributed by atoms with Crippen molar-refractivity contribution in [2.45, 2.75) is 50.2 Å². The summed E-state index contributed by atoms with van der Waals surface area (Å²) >= 11 is 1.29. The molecule has 7 nitrogen and oxygen atoms in total. The Balaban J connectivity index is 1.74. The zero-order chi connectivity index (χ0) is 16.3. The minimum Gasteiger partial charge on any atom is -0.350 e. The van der Waals surface area contributed by atoms with Gasteiger partial charge in [0.25, 0.3) is 0 Å². The van der Waals surface area contributed by atoms with Crippen molar-refractivity contribution in [2.75, 3.05) is 19.3 Å². The molecule has 22 heavy (non-hydrogen) atoms. The molecule has 0 radical (unpaired) electrons. The molecule has 0 bridgehead atoms. The molecule has 0 spiro atoms. The number of hydrogen-bond donors (Lipinski definition) is 2. The van der Waals surface area contributed by atoms with E-state index in [9.17, 15) is 9.59 Å². The second-order valence-electron chi connectivity index (χ2n) is 6.61. The molecule has 0 aromatic carbocycles. The molecule has 8 heteroatoms. The fourth-order valence-electron chi connectivity index (χ4n) is 1.86. The van der Waals surface area contributed by atoms with Crippen LogP contribution in [0.4, 0.5) is 0 Å². The Bertz CT molecular complexity index is 548. The number of carbonyl (C=O) groups excluding carboxylic acids is 2. The van der Waals surface area contributed by atoms with Crippen LogP contribution in [0.3, 0.4) is 0 Å². The van der Waals surface area contributed by atoms with Gasteiger partial charge in [0.05, 0.1) is 12.3 Å². The number of likely N-dealkylation sites (N-methyl/N-ethyl adjacent to an activating group) is 1. The zero-order valence-electron chi connectivity index (χ0n) is 13.5. The molecule has 1 aliphatic rings. The molecular weight excluding hydrogens is 302 g/mol. The van der Waals surface area contributed by atoms with E-state index in [0.29, 0.717) is 11.1 Å². The Morgan fingerprint density at radius 2 is 2.09 bits per heavy atom. The van der Waals surface area contributed by atoms with Crippen LogP contribution in [0.25, 0.3) is 0 Å². The highest BCUT2D eigenvalue weighted by molar-refractivity contribution is 7.99. The van der Waals surface area contributed by atoms with Gasteiger partial charge in [-0.25, -0.2) is 4.98 Å². The normalized spacial score (nSPS) is 14.7. The number of thioether (sulfide) groups is 1. The minimum atomic E-state index is -0.298. The summed E-state index contributed by atoms with van der Waals surface area (Å²) in [4.78, 5) is 29.6. The van der Waals surface area contributed by atoms with Gasteiger partial charge in [-0.15, -0.1) is 5.10 Å². The van der Waals surface area contributed by atoms with Gasteiger partial charge in [0.1, 0.15) is 5.82 Å². The second-order valence-corrected chi connectivity index (χ2v) is 7.56. The molecule has 1 aliphatic carbocycles. The molecule has 1 fully saturated rings. The van der Waals surface area contributed by atoms with Gasteiger partial charge < -0.3 is 10.2 Å². The Labute approximate surface area is 134 Å². The molecule has 1 heterocycles. The predicted octanol–water partition coefficient (Wildman–Crippen LogP) is 1.15. The van der Waals surface area contributed by atoms with Crippen LogP contribution in [0.1, 0.15) is 45.4 Å². The van der Waals surface area contributed by atoms with Gasteiger partial charge in [0.15, 0.2) is 0 Å². The number of aromatic nitrogens is 3. The Morgan fingerprint density at radius 3 is 2.68 bits per heavy atom. The number of nitrogens with zero attached hydrogens (tertiary/aromatic N) is 3. The smallest absolute Gasteiger partial charge is 0.240 e.